The highest BCUT2D eigenvalue weighted by atomic mass is 16.3. The van der Waals surface area contributed by atoms with Crippen molar-refractivity contribution in [3.05, 3.63) is 24.3 Å². The molecule has 0 aliphatic carbocycles. The third kappa shape index (κ3) is 4.12. The number of carbonyl (C=O) groups is 2. The van der Waals surface area contributed by atoms with Crippen LogP contribution in [0.1, 0.15) is 6.42 Å². The number of rotatable bonds is 4. The Bertz CT molecular complexity index is 407. The van der Waals surface area contributed by atoms with Crippen molar-refractivity contribution < 1.29 is 14.7 Å². The molecule has 0 aromatic heterocycles. The third-order valence-corrected chi connectivity index (χ3v) is 2.02. The maximum Gasteiger partial charge on any atom is 0.313 e. The summed E-state index contributed by atoms with van der Waals surface area (Å²) in [6.45, 7) is 0.797. The van der Waals surface area contributed by atoms with Crippen LogP contribution in [0.25, 0.3) is 0 Å². The minimum absolute atomic E-state index is 0.0874. The first kappa shape index (κ1) is 13.0. The number of aromatic hydroxyl groups is 1. The molecule has 0 radical (unpaired) electrons. The van der Waals surface area contributed by atoms with Gasteiger partial charge in [-0.2, -0.15) is 0 Å². The van der Waals surface area contributed by atoms with Gasteiger partial charge in [0.15, 0.2) is 0 Å². The van der Waals surface area contributed by atoms with Gasteiger partial charge in [-0.3, -0.25) is 9.59 Å². The number of hydrogen-bond donors (Lipinski definition) is 4. The average molecular weight is 237 g/mol. The zero-order valence-electron chi connectivity index (χ0n) is 9.27. The lowest BCUT2D eigenvalue weighted by atomic mass is 10.3. The summed E-state index contributed by atoms with van der Waals surface area (Å²) < 4.78 is 0. The molecular formula is C11H15N3O3. The molecular weight excluding hydrogens is 222 g/mol. The van der Waals surface area contributed by atoms with E-state index >= 15 is 0 Å². The standard InChI is InChI=1S/C11H15N3O3/c12-6-3-7-13-10(16)11(17)14-8-4-1-2-5-9(8)15/h1-2,4-5,15H,3,6-7,12H2,(H,13,16)(H,14,17). The van der Waals surface area contributed by atoms with Gasteiger partial charge in [0.2, 0.25) is 0 Å². The molecule has 0 saturated heterocycles. The van der Waals surface area contributed by atoms with Gasteiger partial charge in [0.25, 0.3) is 0 Å². The molecule has 2 amide bonds. The van der Waals surface area contributed by atoms with Gasteiger partial charge < -0.3 is 21.5 Å². The number of anilines is 1. The van der Waals surface area contributed by atoms with Crippen LogP contribution in [0.2, 0.25) is 0 Å². The molecule has 17 heavy (non-hydrogen) atoms. The Morgan fingerprint density at radius 3 is 2.59 bits per heavy atom. The molecule has 0 fully saturated rings. The van der Waals surface area contributed by atoms with Gasteiger partial charge >= 0.3 is 11.8 Å². The fourth-order valence-electron chi connectivity index (χ4n) is 1.14. The number of benzene rings is 1. The van der Waals surface area contributed by atoms with Gasteiger partial charge in [0.05, 0.1) is 5.69 Å². The van der Waals surface area contributed by atoms with Gasteiger partial charge in [-0.1, -0.05) is 12.1 Å². The Kier molecular flexibility index (Phi) is 4.96. The molecule has 0 bridgehead atoms. The molecule has 0 unspecified atom stereocenters. The normalized spacial score (nSPS) is 9.71. The van der Waals surface area contributed by atoms with Crippen molar-refractivity contribution in [2.45, 2.75) is 6.42 Å². The number of carbonyl (C=O) groups excluding carboxylic acids is 2. The molecule has 6 nitrogen and oxygen atoms in total. The maximum atomic E-state index is 11.4. The maximum absolute atomic E-state index is 11.4. The molecule has 1 rings (SSSR count). The summed E-state index contributed by atoms with van der Waals surface area (Å²) in [4.78, 5) is 22.7. The molecule has 0 spiro atoms. The Balaban J connectivity index is 2.49. The summed E-state index contributed by atoms with van der Waals surface area (Å²) in [6.07, 6.45) is 0.607. The Morgan fingerprint density at radius 2 is 1.94 bits per heavy atom. The van der Waals surface area contributed by atoms with Crippen LogP contribution in [-0.2, 0) is 9.59 Å². The molecule has 1 aromatic rings. The summed E-state index contributed by atoms with van der Waals surface area (Å²) >= 11 is 0. The van der Waals surface area contributed by atoms with Crippen LogP contribution in [0, 0.1) is 0 Å². The Morgan fingerprint density at radius 1 is 1.24 bits per heavy atom. The molecule has 1 aromatic carbocycles. The quantitative estimate of drug-likeness (QED) is 0.330. The minimum Gasteiger partial charge on any atom is -0.506 e. The molecule has 0 saturated carbocycles. The van der Waals surface area contributed by atoms with Gasteiger partial charge in [-0.05, 0) is 25.1 Å². The van der Waals surface area contributed by atoms with E-state index in [0.717, 1.165) is 0 Å². The van der Waals surface area contributed by atoms with E-state index in [9.17, 15) is 14.7 Å². The molecule has 5 N–H and O–H groups in total. The SMILES string of the molecule is NCCCNC(=O)C(=O)Nc1ccccc1O. The van der Waals surface area contributed by atoms with E-state index in [-0.39, 0.29) is 11.4 Å². The van der Waals surface area contributed by atoms with Gasteiger partial charge in [-0.15, -0.1) is 0 Å². The first-order valence-electron chi connectivity index (χ1n) is 5.22. The van der Waals surface area contributed by atoms with Gasteiger partial charge in [0.1, 0.15) is 5.75 Å². The minimum atomic E-state index is -0.816. The van der Waals surface area contributed by atoms with Crippen molar-refractivity contribution >= 4 is 17.5 Å². The van der Waals surface area contributed by atoms with Crippen molar-refractivity contribution in [2.75, 3.05) is 18.4 Å². The number of amides is 2. The lowest BCUT2D eigenvalue weighted by Gasteiger charge is -2.07. The second-order valence-electron chi connectivity index (χ2n) is 3.37. The molecule has 0 aliphatic heterocycles. The van der Waals surface area contributed by atoms with Gasteiger partial charge in [-0.25, -0.2) is 0 Å². The van der Waals surface area contributed by atoms with Crippen LogP contribution in [-0.4, -0.2) is 30.0 Å². The largest absolute Gasteiger partial charge is 0.506 e. The first-order valence-corrected chi connectivity index (χ1v) is 5.22. The molecule has 0 heterocycles. The third-order valence-electron chi connectivity index (χ3n) is 2.02. The van der Waals surface area contributed by atoms with E-state index in [1.165, 1.54) is 12.1 Å². The lowest BCUT2D eigenvalue weighted by molar-refractivity contribution is -0.136. The monoisotopic (exact) mass is 237 g/mol. The van der Waals surface area contributed by atoms with E-state index in [4.69, 9.17) is 5.73 Å². The first-order chi connectivity index (χ1) is 8.15. The summed E-state index contributed by atoms with van der Waals surface area (Å²) in [6, 6.07) is 6.18. The predicted molar refractivity (Wildman–Crippen MR) is 63.4 cm³/mol. The number of nitrogens with one attached hydrogen (secondary N) is 2. The number of hydrogen-bond acceptors (Lipinski definition) is 4. The van der Waals surface area contributed by atoms with Crippen molar-refractivity contribution in [1.29, 1.82) is 0 Å². The summed E-state index contributed by atoms with van der Waals surface area (Å²) in [5.41, 5.74) is 5.45. The van der Waals surface area contributed by atoms with Crippen LogP contribution >= 0.6 is 0 Å². The van der Waals surface area contributed by atoms with Gasteiger partial charge in [0, 0.05) is 6.54 Å². The summed E-state index contributed by atoms with van der Waals surface area (Å²) in [7, 11) is 0. The van der Waals surface area contributed by atoms with Crippen LogP contribution < -0.4 is 16.4 Å². The Labute approximate surface area is 98.8 Å². The molecule has 0 aliphatic rings. The van der Waals surface area contributed by atoms with E-state index in [1.54, 1.807) is 12.1 Å². The molecule has 92 valence electrons. The summed E-state index contributed by atoms with van der Waals surface area (Å²) in [5, 5.41) is 14.1. The highest BCUT2D eigenvalue weighted by Crippen LogP contribution is 2.20. The zero-order valence-corrected chi connectivity index (χ0v) is 9.27. The van der Waals surface area contributed by atoms with Crippen molar-refractivity contribution in [1.82, 2.24) is 5.32 Å². The topological polar surface area (TPSA) is 104 Å². The smallest absolute Gasteiger partial charge is 0.313 e. The lowest BCUT2D eigenvalue weighted by Crippen LogP contribution is -2.36. The molecule has 6 heteroatoms. The Hall–Kier alpha value is -2.08. The average Bonchev–Trinajstić information content (AvgIpc) is 2.32. The number of phenols is 1. The highest BCUT2D eigenvalue weighted by Gasteiger charge is 2.14. The van der Waals surface area contributed by atoms with Crippen molar-refractivity contribution in [3.63, 3.8) is 0 Å². The van der Waals surface area contributed by atoms with Crippen molar-refractivity contribution in [3.8, 4) is 5.75 Å². The van der Waals surface area contributed by atoms with Crippen LogP contribution in [0.15, 0.2) is 24.3 Å². The zero-order chi connectivity index (χ0) is 12.7. The summed E-state index contributed by atoms with van der Waals surface area (Å²) in [5.74, 6) is -1.65. The van der Waals surface area contributed by atoms with E-state index in [2.05, 4.69) is 10.6 Å². The van der Waals surface area contributed by atoms with E-state index in [1.807, 2.05) is 0 Å². The number of nitrogens with two attached hydrogens (primary N) is 1. The fraction of sp³-hybridized carbons (Fsp3) is 0.273. The number of phenolic OH excluding ortho intramolecular Hbond substituents is 1. The fourth-order valence-corrected chi connectivity index (χ4v) is 1.14. The number of para-hydroxylation sites is 2. The van der Waals surface area contributed by atoms with E-state index < -0.39 is 11.8 Å². The van der Waals surface area contributed by atoms with Crippen LogP contribution in [0.4, 0.5) is 5.69 Å². The highest BCUT2D eigenvalue weighted by molar-refractivity contribution is 6.39. The second-order valence-corrected chi connectivity index (χ2v) is 3.37. The van der Waals surface area contributed by atoms with Crippen LogP contribution in [0.5, 0.6) is 5.75 Å². The second kappa shape index (κ2) is 6.49. The van der Waals surface area contributed by atoms with E-state index in [0.29, 0.717) is 19.5 Å². The molecule has 0 atom stereocenters. The predicted octanol–water partition coefficient (Wildman–Crippen LogP) is -0.204. The van der Waals surface area contributed by atoms with Crippen LogP contribution in [0.3, 0.4) is 0 Å². The van der Waals surface area contributed by atoms with Crippen molar-refractivity contribution in [2.24, 2.45) is 5.73 Å².